The molecular weight excluding hydrogens is 186 g/mol. The first-order valence-corrected chi connectivity index (χ1v) is 5.32. The Morgan fingerprint density at radius 1 is 1.47 bits per heavy atom. The molecule has 0 unspecified atom stereocenters. The maximum absolute atomic E-state index is 5.66. The zero-order chi connectivity index (χ0) is 11.1. The quantitative estimate of drug-likeness (QED) is 0.721. The van der Waals surface area contributed by atoms with Crippen LogP contribution in [-0.2, 0) is 6.54 Å². The van der Waals surface area contributed by atoms with E-state index in [1.807, 2.05) is 0 Å². The summed E-state index contributed by atoms with van der Waals surface area (Å²) in [5.41, 5.74) is 2.38. The van der Waals surface area contributed by atoms with Crippen LogP contribution >= 0.6 is 0 Å². The van der Waals surface area contributed by atoms with Gasteiger partial charge in [-0.2, -0.15) is 0 Å². The van der Waals surface area contributed by atoms with Crippen molar-refractivity contribution in [3.8, 4) is 5.75 Å². The minimum atomic E-state index is 0.560. The summed E-state index contributed by atoms with van der Waals surface area (Å²) in [7, 11) is 0. The van der Waals surface area contributed by atoms with Gasteiger partial charge in [0.25, 0.3) is 0 Å². The molecule has 0 saturated carbocycles. The van der Waals surface area contributed by atoms with Gasteiger partial charge in [0.05, 0.1) is 0 Å². The van der Waals surface area contributed by atoms with Crippen LogP contribution in [0.3, 0.4) is 0 Å². The molecule has 0 aliphatic rings. The van der Waals surface area contributed by atoms with Crippen molar-refractivity contribution in [2.45, 2.75) is 20.4 Å². The first-order chi connectivity index (χ1) is 7.29. The van der Waals surface area contributed by atoms with Gasteiger partial charge in [-0.15, -0.1) is 0 Å². The molecule has 82 valence electrons. The van der Waals surface area contributed by atoms with Crippen LogP contribution in [0.2, 0.25) is 0 Å². The van der Waals surface area contributed by atoms with Gasteiger partial charge in [0.2, 0.25) is 0 Å². The molecular formula is C13H19NO. The molecule has 1 rings (SSSR count). The minimum Gasteiger partial charge on any atom is -0.489 e. The van der Waals surface area contributed by atoms with E-state index >= 15 is 0 Å². The Morgan fingerprint density at radius 3 is 2.93 bits per heavy atom. The van der Waals surface area contributed by atoms with Gasteiger partial charge in [0.1, 0.15) is 12.4 Å². The molecule has 0 aliphatic heterocycles. The molecule has 1 aromatic rings. The number of para-hydroxylation sites is 1. The van der Waals surface area contributed by atoms with Crippen LogP contribution < -0.4 is 10.1 Å². The average molecular weight is 205 g/mol. The molecule has 0 aliphatic carbocycles. The lowest BCUT2D eigenvalue weighted by Gasteiger charge is -2.13. The fourth-order valence-corrected chi connectivity index (χ4v) is 1.46. The van der Waals surface area contributed by atoms with Crippen molar-refractivity contribution in [3.05, 3.63) is 42.0 Å². The summed E-state index contributed by atoms with van der Waals surface area (Å²) in [5, 5.41) is 3.30. The maximum Gasteiger partial charge on any atom is 0.127 e. The van der Waals surface area contributed by atoms with Gasteiger partial charge in [-0.05, 0) is 19.0 Å². The molecule has 0 bridgehead atoms. The fraction of sp³-hybridized carbons (Fsp3) is 0.385. The normalized spacial score (nSPS) is 10.0. The Kier molecular flexibility index (Phi) is 4.91. The molecule has 0 heterocycles. The Hall–Kier alpha value is -1.28. The van der Waals surface area contributed by atoms with E-state index in [-0.39, 0.29) is 0 Å². The van der Waals surface area contributed by atoms with Crippen molar-refractivity contribution >= 4 is 0 Å². The van der Waals surface area contributed by atoms with Crippen LogP contribution in [0.15, 0.2) is 30.9 Å². The van der Waals surface area contributed by atoms with E-state index in [0.717, 1.165) is 18.8 Å². The third-order valence-corrected chi connectivity index (χ3v) is 2.20. The molecule has 0 radical (unpaired) electrons. The highest BCUT2D eigenvalue weighted by atomic mass is 16.5. The Bertz CT molecular complexity index is 320. The van der Waals surface area contributed by atoms with Crippen molar-refractivity contribution in [2.24, 2.45) is 0 Å². The number of aryl methyl sites for hydroxylation is 1. The maximum atomic E-state index is 5.66. The molecule has 1 aromatic carbocycles. The molecule has 0 fully saturated rings. The fourth-order valence-electron chi connectivity index (χ4n) is 1.46. The van der Waals surface area contributed by atoms with Crippen molar-refractivity contribution in [1.29, 1.82) is 0 Å². The first kappa shape index (κ1) is 11.8. The summed E-state index contributed by atoms with van der Waals surface area (Å²) in [6.45, 7) is 10.2. The Morgan fingerprint density at radius 2 is 2.27 bits per heavy atom. The van der Waals surface area contributed by atoms with E-state index in [4.69, 9.17) is 4.74 Å². The molecule has 0 aromatic heterocycles. The van der Waals surface area contributed by atoms with Crippen LogP contribution in [0, 0.1) is 6.92 Å². The van der Waals surface area contributed by atoms with Crippen LogP contribution in [0.5, 0.6) is 5.75 Å². The highest BCUT2D eigenvalue weighted by Crippen LogP contribution is 2.23. The predicted octanol–water partition coefficient (Wildman–Crippen LogP) is 2.67. The summed E-state index contributed by atoms with van der Waals surface area (Å²) < 4.78 is 5.66. The van der Waals surface area contributed by atoms with E-state index in [0.29, 0.717) is 6.61 Å². The Labute approximate surface area is 92.0 Å². The molecule has 0 saturated heterocycles. The van der Waals surface area contributed by atoms with Gasteiger partial charge in [-0.25, -0.2) is 0 Å². The van der Waals surface area contributed by atoms with Gasteiger partial charge in [0.15, 0.2) is 0 Å². The molecule has 2 nitrogen and oxygen atoms in total. The topological polar surface area (TPSA) is 21.3 Å². The smallest absolute Gasteiger partial charge is 0.127 e. The largest absolute Gasteiger partial charge is 0.489 e. The summed E-state index contributed by atoms with van der Waals surface area (Å²) in [6, 6.07) is 6.21. The van der Waals surface area contributed by atoms with Crippen molar-refractivity contribution < 1.29 is 4.74 Å². The summed E-state index contributed by atoms with van der Waals surface area (Å²) in [6.07, 6.45) is 1.77. The number of hydrogen-bond acceptors (Lipinski definition) is 2. The summed E-state index contributed by atoms with van der Waals surface area (Å²) >= 11 is 0. The lowest BCUT2D eigenvalue weighted by molar-refractivity contribution is 0.355. The predicted molar refractivity (Wildman–Crippen MR) is 64.3 cm³/mol. The molecule has 1 N–H and O–H groups in total. The van der Waals surface area contributed by atoms with E-state index in [1.165, 1.54) is 11.1 Å². The lowest BCUT2D eigenvalue weighted by atomic mass is 10.1. The second kappa shape index (κ2) is 6.25. The second-order valence-electron chi connectivity index (χ2n) is 3.44. The molecule has 0 atom stereocenters. The number of rotatable bonds is 6. The van der Waals surface area contributed by atoms with Crippen LogP contribution in [0.1, 0.15) is 18.1 Å². The Balaban J connectivity index is 2.82. The first-order valence-electron chi connectivity index (χ1n) is 5.32. The van der Waals surface area contributed by atoms with E-state index in [2.05, 4.69) is 43.9 Å². The molecule has 0 amide bonds. The van der Waals surface area contributed by atoms with E-state index in [1.54, 1.807) is 6.08 Å². The molecule has 2 heteroatoms. The molecule has 0 spiro atoms. The third kappa shape index (κ3) is 3.40. The molecule has 15 heavy (non-hydrogen) atoms. The summed E-state index contributed by atoms with van der Waals surface area (Å²) in [4.78, 5) is 0. The lowest BCUT2D eigenvalue weighted by Crippen LogP contribution is -2.13. The van der Waals surface area contributed by atoms with Crippen molar-refractivity contribution in [2.75, 3.05) is 13.2 Å². The monoisotopic (exact) mass is 205 g/mol. The number of hydrogen-bond donors (Lipinski definition) is 1. The zero-order valence-electron chi connectivity index (χ0n) is 9.55. The van der Waals surface area contributed by atoms with Crippen molar-refractivity contribution in [1.82, 2.24) is 5.32 Å². The minimum absolute atomic E-state index is 0.560. The van der Waals surface area contributed by atoms with E-state index < -0.39 is 0 Å². The van der Waals surface area contributed by atoms with Gasteiger partial charge >= 0.3 is 0 Å². The highest BCUT2D eigenvalue weighted by molar-refractivity contribution is 5.40. The van der Waals surface area contributed by atoms with Gasteiger partial charge in [-0.1, -0.05) is 37.8 Å². The average Bonchev–Trinajstić information content (AvgIpc) is 2.25. The SMILES string of the molecule is C=CCOc1c(C)cccc1CNCC. The summed E-state index contributed by atoms with van der Waals surface area (Å²) in [5.74, 6) is 0.985. The van der Waals surface area contributed by atoms with Crippen LogP contribution in [0.4, 0.5) is 0 Å². The zero-order valence-corrected chi connectivity index (χ0v) is 9.55. The number of benzene rings is 1. The number of ether oxygens (including phenoxy) is 1. The van der Waals surface area contributed by atoms with Crippen LogP contribution in [0.25, 0.3) is 0 Å². The number of nitrogens with one attached hydrogen (secondary N) is 1. The van der Waals surface area contributed by atoms with Crippen molar-refractivity contribution in [3.63, 3.8) is 0 Å². The standard InChI is InChI=1S/C13H19NO/c1-4-9-15-13-11(3)7-6-8-12(13)10-14-5-2/h4,6-8,14H,1,5,9-10H2,2-3H3. The van der Waals surface area contributed by atoms with Crippen LogP contribution in [-0.4, -0.2) is 13.2 Å². The highest BCUT2D eigenvalue weighted by Gasteiger charge is 2.05. The second-order valence-corrected chi connectivity index (χ2v) is 3.44. The van der Waals surface area contributed by atoms with Gasteiger partial charge in [0, 0.05) is 12.1 Å². The third-order valence-electron chi connectivity index (χ3n) is 2.20. The van der Waals surface area contributed by atoms with E-state index in [9.17, 15) is 0 Å². The van der Waals surface area contributed by atoms with Gasteiger partial charge in [-0.3, -0.25) is 0 Å². The van der Waals surface area contributed by atoms with Gasteiger partial charge < -0.3 is 10.1 Å².